The minimum Gasteiger partial charge on any atom is -0.493 e. The van der Waals surface area contributed by atoms with E-state index in [0.717, 1.165) is 12.0 Å². The molecule has 3 aromatic rings. The molecule has 0 unspecified atom stereocenters. The third kappa shape index (κ3) is 5.74. The van der Waals surface area contributed by atoms with Gasteiger partial charge in [0.2, 0.25) is 0 Å². The Bertz CT molecular complexity index is 1310. The Hall–Kier alpha value is -3.85. The molecule has 0 saturated carbocycles. The first-order chi connectivity index (χ1) is 16.4. The number of nitrogens with zero attached hydrogens (tertiary/aromatic N) is 1. The van der Waals surface area contributed by atoms with E-state index >= 15 is 0 Å². The zero-order valence-corrected chi connectivity index (χ0v) is 19.5. The van der Waals surface area contributed by atoms with Gasteiger partial charge in [0.05, 0.1) is 12.0 Å². The number of hydrogen-bond acceptors (Lipinski definition) is 6. The van der Waals surface area contributed by atoms with Gasteiger partial charge in [0.1, 0.15) is 12.4 Å². The standard InChI is InChI=1S/C25H25N3O5S/c1-32-23-15-19(12-13-22(23)33-17-18-7-3-2-4-8-18)25(29)27-20-9-5-10-21(16-20)34(30,31)28-24-11-6-14-26-24/h2-5,7-10,12-13,15-16H,6,11,14,17H2,1H3,(H,26,28)(H,27,29). The van der Waals surface area contributed by atoms with Crippen LogP contribution in [0.15, 0.2) is 82.7 Å². The Morgan fingerprint density at radius 1 is 1.00 bits per heavy atom. The van der Waals surface area contributed by atoms with Gasteiger partial charge in [0.25, 0.3) is 15.9 Å². The molecular weight excluding hydrogens is 454 g/mol. The molecule has 1 aliphatic heterocycles. The Morgan fingerprint density at radius 3 is 2.56 bits per heavy atom. The lowest BCUT2D eigenvalue weighted by molar-refractivity contribution is 0.102. The van der Waals surface area contributed by atoms with E-state index in [1.165, 1.54) is 19.2 Å². The van der Waals surface area contributed by atoms with Crippen molar-refractivity contribution in [2.75, 3.05) is 19.0 Å². The largest absolute Gasteiger partial charge is 0.493 e. The van der Waals surface area contributed by atoms with Crippen LogP contribution in [0.1, 0.15) is 28.8 Å². The van der Waals surface area contributed by atoms with Gasteiger partial charge in [-0.1, -0.05) is 36.4 Å². The average molecular weight is 480 g/mol. The molecule has 0 aromatic heterocycles. The lowest BCUT2D eigenvalue weighted by atomic mass is 10.1. The zero-order chi connectivity index (χ0) is 24.0. The van der Waals surface area contributed by atoms with Crippen molar-refractivity contribution in [3.05, 3.63) is 83.9 Å². The molecule has 176 valence electrons. The van der Waals surface area contributed by atoms with Crippen molar-refractivity contribution in [2.24, 2.45) is 4.99 Å². The first-order valence-electron chi connectivity index (χ1n) is 10.8. The summed E-state index contributed by atoms with van der Waals surface area (Å²) in [5.74, 6) is 0.977. The summed E-state index contributed by atoms with van der Waals surface area (Å²) in [5, 5.41) is 2.74. The lowest BCUT2D eigenvalue weighted by Gasteiger charge is -2.13. The second-order valence-electron chi connectivity index (χ2n) is 7.66. The van der Waals surface area contributed by atoms with Crippen LogP contribution in [0, 0.1) is 0 Å². The molecule has 1 amide bonds. The number of hydrogen-bond donors (Lipinski definition) is 2. The van der Waals surface area contributed by atoms with Crippen LogP contribution >= 0.6 is 0 Å². The van der Waals surface area contributed by atoms with Gasteiger partial charge >= 0.3 is 0 Å². The second kappa shape index (κ2) is 10.4. The Morgan fingerprint density at radius 2 is 1.82 bits per heavy atom. The summed E-state index contributed by atoms with van der Waals surface area (Å²) < 4.78 is 39.0. The first-order valence-corrected chi connectivity index (χ1v) is 12.3. The highest BCUT2D eigenvalue weighted by molar-refractivity contribution is 7.90. The van der Waals surface area contributed by atoms with Crippen LogP contribution in [0.3, 0.4) is 0 Å². The van der Waals surface area contributed by atoms with Crippen molar-refractivity contribution in [2.45, 2.75) is 24.3 Å². The smallest absolute Gasteiger partial charge is 0.262 e. The Kier molecular flexibility index (Phi) is 7.12. The number of methoxy groups -OCH3 is 1. The van der Waals surface area contributed by atoms with Crippen LogP contribution in [0.25, 0.3) is 0 Å². The highest BCUT2D eigenvalue weighted by Gasteiger charge is 2.19. The molecule has 3 aromatic carbocycles. The molecule has 1 aliphatic rings. The van der Waals surface area contributed by atoms with Gasteiger partial charge in [-0.15, -0.1) is 0 Å². The van der Waals surface area contributed by atoms with E-state index in [1.807, 2.05) is 30.3 Å². The summed E-state index contributed by atoms with van der Waals surface area (Å²) in [5.41, 5.74) is 1.70. The van der Waals surface area contributed by atoms with E-state index in [-0.39, 0.29) is 4.90 Å². The van der Waals surface area contributed by atoms with Gasteiger partial charge in [-0.3, -0.25) is 14.5 Å². The fraction of sp³-hybridized carbons (Fsp3) is 0.200. The molecule has 0 bridgehead atoms. The molecule has 4 rings (SSSR count). The molecule has 0 saturated heterocycles. The van der Waals surface area contributed by atoms with E-state index in [0.29, 0.717) is 48.2 Å². The van der Waals surface area contributed by atoms with Crippen LogP contribution in [0.4, 0.5) is 5.69 Å². The van der Waals surface area contributed by atoms with E-state index in [1.54, 1.807) is 30.3 Å². The molecular formula is C25H25N3O5S. The minimum atomic E-state index is -3.78. The highest BCUT2D eigenvalue weighted by atomic mass is 32.2. The molecule has 1 heterocycles. The van der Waals surface area contributed by atoms with Crippen molar-refractivity contribution in [1.82, 2.24) is 4.72 Å². The predicted octanol–water partition coefficient (Wildman–Crippen LogP) is 4.00. The molecule has 0 spiro atoms. The Balaban J connectivity index is 1.45. The number of amides is 1. The molecule has 34 heavy (non-hydrogen) atoms. The number of aliphatic imine (C=N–C) groups is 1. The van der Waals surface area contributed by atoms with E-state index < -0.39 is 15.9 Å². The van der Waals surface area contributed by atoms with Crippen LogP contribution in [-0.4, -0.2) is 33.8 Å². The summed E-state index contributed by atoms with van der Waals surface area (Å²) >= 11 is 0. The van der Waals surface area contributed by atoms with Gasteiger partial charge in [0.15, 0.2) is 11.5 Å². The van der Waals surface area contributed by atoms with Gasteiger partial charge in [0, 0.05) is 24.2 Å². The number of carbonyl (C=O) groups excluding carboxylic acids is 1. The van der Waals surface area contributed by atoms with Crippen molar-refractivity contribution in [3.63, 3.8) is 0 Å². The van der Waals surface area contributed by atoms with Gasteiger partial charge in [-0.05, 0) is 48.4 Å². The first kappa shape index (κ1) is 23.3. The Labute approximate surface area is 198 Å². The van der Waals surface area contributed by atoms with Gasteiger partial charge in [-0.2, -0.15) is 0 Å². The quantitative estimate of drug-likeness (QED) is 0.508. The van der Waals surface area contributed by atoms with Crippen LogP contribution in [0.2, 0.25) is 0 Å². The van der Waals surface area contributed by atoms with E-state index in [9.17, 15) is 13.2 Å². The van der Waals surface area contributed by atoms with Crippen LogP contribution in [-0.2, 0) is 16.6 Å². The van der Waals surface area contributed by atoms with Crippen molar-refractivity contribution in [1.29, 1.82) is 0 Å². The van der Waals surface area contributed by atoms with Crippen molar-refractivity contribution < 1.29 is 22.7 Å². The monoisotopic (exact) mass is 479 g/mol. The number of nitrogens with one attached hydrogen (secondary N) is 2. The summed E-state index contributed by atoms with van der Waals surface area (Å²) in [6.45, 7) is 0.984. The summed E-state index contributed by atoms with van der Waals surface area (Å²) in [6.07, 6.45) is 1.43. The number of benzene rings is 3. The topological polar surface area (TPSA) is 106 Å². The maximum Gasteiger partial charge on any atom is 0.262 e. The summed E-state index contributed by atoms with van der Waals surface area (Å²) in [7, 11) is -2.28. The van der Waals surface area contributed by atoms with Crippen LogP contribution in [0.5, 0.6) is 11.5 Å². The zero-order valence-electron chi connectivity index (χ0n) is 18.7. The molecule has 0 aliphatic carbocycles. The molecule has 9 heteroatoms. The summed E-state index contributed by atoms with van der Waals surface area (Å²) in [4.78, 5) is 17.0. The predicted molar refractivity (Wildman–Crippen MR) is 130 cm³/mol. The van der Waals surface area contributed by atoms with E-state index in [4.69, 9.17) is 9.47 Å². The second-order valence-corrected chi connectivity index (χ2v) is 9.34. The third-order valence-electron chi connectivity index (χ3n) is 5.19. The molecule has 2 N–H and O–H groups in total. The molecule has 8 nitrogen and oxygen atoms in total. The van der Waals surface area contributed by atoms with Crippen molar-refractivity contribution in [3.8, 4) is 11.5 Å². The van der Waals surface area contributed by atoms with Crippen molar-refractivity contribution >= 4 is 27.5 Å². The maximum absolute atomic E-state index is 12.8. The van der Waals surface area contributed by atoms with Gasteiger partial charge in [-0.25, -0.2) is 8.42 Å². The van der Waals surface area contributed by atoms with Gasteiger partial charge < -0.3 is 14.8 Å². The fourth-order valence-corrected chi connectivity index (χ4v) is 4.58. The highest BCUT2D eigenvalue weighted by Crippen LogP contribution is 2.29. The SMILES string of the molecule is COc1cc(C(=O)Nc2cccc(S(=O)(=O)NC3=NCCC3)c2)ccc1OCc1ccccc1. The molecule has 0 radical (unpaired) electrons. The average Bonchev–Trinajstić information content (AvgIpc) is 3.36. The number of amidine groups is 1. The number of sulfonamides is 1. The maximum atomic E-state index is 12.8. The fourth-order valence-electron chi connectivity index (χ4n) is 3.44. The summed E-state index contributed by atoms with van der Waals surface area (Å²) in [6, 6.07) is 20.7. The molecule has 0 atom stereocenters. The number of rotatable bonds is 8. The number of anilines is 1. The normalized spacial score (nSPS) is 13.1. The molecule has 0 fully saturated rings. The third-order valence-corrected chi connectivity index (χ3v) is 6.57. The number of ether oxygens (including phenoxy) is 2. The van der Waals surface area contributed by atoms with E-state index in [2.05, 4.69) is 15.0 Å². The minimum absolute atomic E-state index is 0.0436. The van der Waals surface area contributed by atoms with Crippen LogP contribution < -0.4 is 19.5 Å². The lowest BCUT2D eigenvalue weighted by Crippen LogP contribution is -2.29. The number of carbonyl (C=O) groups is 1.